The van der Waals surface area contributed by atoms with Crippen LogP contribution >= 0.6 is 0 Å². The molecule has 1 amide bonds. The molecular weight excluding hydrogens is 106 g/mol. The third-order valence-electron chi connectivity index (χ3n) is 0.851. The second kappa shape index (κ2) is 3.12. The van der Waals surface area contributed by atoms with Gasteiger partial charge in [-0.15, -0.1) is 0 Å². The van der Waals surface area contributed by atoms with E-state index in [2.05, 4.69) is 5.11 Å². The van der Waals surface area contributed by atoms with Gasteiger partial charge in [0.1, 0.15) is 0 Å². The Labute approximate surface area is 47.6 Å². The molecule has 0 fully saturated rings. The zero-order valence-corrected chi connectivity index (χ0v) is 4.72. The van der Waals surface area contributed by atoms with Crippen LogP contribution in [-0.4, -0.2) is 12.5 Å². The molecule has 46 valence electrons. The Balaban J connectivity index is 3.46. The summed E-state index contributed by atoms with van der Waals surface area (Å²) in [6.45, 7) is 1.84. The van der Waals surface area contributed by atoms with Gasteiger partial charge >= 0.3 is 0 Å². The van der Waals surface area contributed by atoms with E-state index in [1.165, 1.54) is 0 Å². The highest BCUT2D eigenvalue weighted by atomic mass is 16.1. The molecule has 0 aromatic rings. The van der Waals surface area contributed by atoms with Crippen molar-refractivity contribution < 1.29 is 4.79 Å². The minimum Gasteiger partial charge on any atom is -0.369 e. The number of hydrogen-bond donors (Lipinski definition) is 2. The highest BCUT2D eigenvalue weighted by Gasteiger charge is 2.05. The van der Waals surface area contributed by atoms with Gasteiger partial charge in [0.05, 0.1) is 12.5 Å². The summed E-state index contributed by atoms with van der Waals surface area (Å²) in [5.41, 5.74) is 11.2. The van der Waals surface area contributed by atoms with E-state index in [0.717, 1.165) is 0 Å². The highest BCUT2D eigenvalue weighted by molar-refractivity contribution is 5.76. The number of carbonyl (C=O) groups is 1. The Kier molecular flexibility index (Phi) is 2.76. The molecule has 0 heterocycles. The lowest BCUT2D eigenvalue weighted by Crippen LogP contribution is -2.22. The van der Waals surface area contributed by atoms with Crippen LogP contribution in [0.3, 0.4) is 0 Å². The molecule has 0 aliphatic rings. The van der Waals surface area contributed by atoms with Gasteiger partial charge in [-0.25, -0.2) is 5.53 Å². The molecule has 8 heavy (non-hydrogen) atoms. The first-order valence-electron chi connectivity index (χ1n) is 2.31. The summed E-state index contributed by atoms with van der Waals surface area (Å²) in [6, 6.07) is 0. The van der Waals surface area contributed by atoms with E-state index in [0.29, 0.717) is 0 Å². The third-order valence-corrected chi connectivity index (χ3v) is 0.851. The standard InChI is InChI=1S/C4H9N3O/c1-3(2-7-6)4(5)8/h3,6H,2H2,1H3,(H2,5,8). The van der Waals surface area contributed by atoms with Gasteiger partial charge in [0.25, 0.3) is 0 Å². The predicted molar refractivity (Wildman–Crippen MR) is 28.4 cm³/mol. The molecule has 1 atom stereocenters. The average Bonchev–Trinajstić information content (AvgIpc) is 1.67. The van der Waals surface area contributed by atoms with Gasteiger partial charge < -0.3 is 5.73 Å². The maximum atomic E-state index is 10.2. The van der Waals surface area contributed by atoms with Crippen molar-refractivity contribution >= 4 is 5.91 Å². The van der Waals surface area contributed by atoms with Gasteiger partial charge in [0.2, 0.25) is 5.91 Å². The number of carbonyl (C=O) groups excluding carboxylic acids is 1. The lowest BCUT2D eigenvalue weighted by molar-refractivity contribution is -0.121. The highest BCUT2D eigenvalue weighted by Crippen LogP contribution is 1.91. The van der Waals surface area contributed by atoms with Gasteiger partial charge in [0.15, 0.2) is 0 Å². The summed E-state index contributed by atoms with van der Waals surface area (Å²) in [5, 5.41) is 3.01. The van der Waals surface area contributed by atoms with Crippen LogP contribution in [0.2, 0.25) is 0 Å². The van der Waals surface area contributed by atoms with E-state index in [9.17, 15) is 4.79 Å². The van der Waals surface area contributed by atoms with Crippen molar-refractivity contribution in [1.29, 1.82) is 5.53 Å². The number of amides is 1. The van der Waals surface area contributed by atoms with Crippen molar-refractivity contribution in [2.45, 2.75) is 6.92 Å². The van der Waals surface area contributed by atoms with Crippen molar-refractivity contribution in [2.24, 2.45) is 16.8 Å². The predicted octanol–water partition coefficient (Wildman–Crippen LogP) is 0.139. The summed E-state index contributed by atoms with van der Waals surface area (Å²) >= 11 is 0. The minimum atomic E-state index is -0.402. The van der Waals surface area contributed by atoms with E-state index in [4.69, 9.17) is 11.3 Å². The van der Waals surface area contributed by atoms with E-state index in [1.807, 2.05) is 0 Å². The molecule has 3 N–H and O–H groups in total. The summed E-state index contributed by atoms with van der Waals surface area (Å²) in [6.07, 6.45) is 0. The van der Waals surface area contributed by atoms with Gasteiger partial charge in [0, 0.05) is 0 Å². The van der Waals surface area contributed by atoms with Crippen molar-refractivity contribution in [3.63, 3.8) is 0 Å². The second-order valence-corrected chi connectivity index (χ2v) is 1.64. The van der Waals surface area contributed by atoms with Crippen LogP contribution in [-0.2, 0) is 4.79 Å². The molecule has 0 rings (SSSR count). The van der Waals surface area contributed by atoms with E-state index >= 15 is 0 Å². The molecule has 0 spiro atoms. The molecule has 0 aromatic carbocycles. The topological polar surface area (TPSA) is 79.3 Å². The van der Waals surface area contributed by atoms with Gasteiger partial charge in [-0.2, -0.15) is 5.11 Å². The Morgan fingerprint density at radius 3 is 2.62 bits per heavy atom. The minimum absolute atomic E-state index is 0.204. The summed E-state index contributed by atoms with van der Waals surface area (Å²) < 4.78 is 0. The number of hydrogen-bond acceptors (Lipinski definition) is 3. The van der Waals surface area contributed by atoms with E-state index in [1.54, 1.807) is 6.92 Å². The number of primary amides is 1. The van der Waals surface area contributed by atoms with E-state index < -0.39 is 5.91 Å². The zero-order chi connectivity index (χ0) is 6.57. The molecule has 0 saturated heterocycles. The first kappa shape index (κ1) is 7.07. The third kappa shape index (κ3) is 2.28. The van der Waals surface area contributed by atoms with Crippen molar-refractivity contribution in [3.8, 4) is 0 Å². The lowest BCUT2D eigenvalue weighted by atomic mass is 10.2. The van der Waals surface area contributed by atoms with Crippen LogP contribution in [0, 0.1) is 11.4 Å². The fraction of sp³-hybridized carbons (Fsp3) is 0.750. The normalized spacial score (nSPS) is 12.6. The largest absolute Gasteiger partial charge is 0.369 e. The smallest absolute Gasteiger partial charge is 0.222 e. The van der Waals surface area contributed by atoms with Crippen LogP contribution in [0.25, 0.3) is 0 Å². The van der Waals surface area contributed by atoms with Crippen molar-refractivity contribution in [3.05, 3.63) is 0 Å². The van der Waals surface area contributed by atoms with Crippen LogP contribution in [0.1, 0.15) is 6.92 Å². The Morgan fingerprint density at radius 2 is 2.50 bits per heavy atom. The van der Waals surface area contributed by atoms with Gasteiger partial charge in [-0.05, 0) is 0 Å². The van der Waals surface area contributed by atoms with Crippen molar-refractivity contribution in [2.75, 3.05) is 6.54 Å². The van der Waals surface area contributed by atoms with Crippen LogP contribution in [0.15, 0.2) is 5.11 Å². The molecule has 0 aromatic heterocycles. The molecule has 1 unspecified atom stereocenters. The van der Waals surface area contributed by atoms with Crippen LogP contribution < -0.4 is 5.73 Å². The fourth-order valence-electron chi connectivity index (χ4n) is 0.227. The SMILES string of the molecule is CC(CN=N)C(N)=O. The molecule has 0 aliphatic heterocycles. The summed E-state index contributed by atoms with van der Waals surface area (Å²) in [5.74, 6) is -0.700. The van der Waals surface area contributed by atoms with Crippen molar-refractivity contribution in [1.82, 2.24) is 0 Å². The Morgan fingerprint density at radius 1 is 2.00 bits per heavy atom. The molecular formula is C4H9N3O. The molecule has 0 bridgehead atoms. The Bertz CT molecular complexity index is 101. The lowest BCUT2D eigenvalue weighted by Gasteiger charge is -1.97. The van der Waals surface area contributed by atoms with Gasteiger partial charge in [-0.1, -0.05) is 6.92 Å². The van der Waals surface area contributed by atoms with Gasteiger partial charge in [-0.3, -0.25) is 4.79 Å². The number of rotatable bonds is 3. The molecule has 0 saturated carbocycles. The molecule has 4 nitrogen and oxygen atoms in total. The quantitative estimate of drug-likeness (QED) is 0.504. The fourth-order valence-corrected chi connectivity index (χ4v) is 0.227. The Hall–Kier alpha value is -0.930. The molecule has 4 heteroatoms. The summed E-state index contributed by atoms with van der Waals surface area (Å²) in [7, 11) is 0. The van der Waals surface area contributed by atoms with Crippen LogP contribution in [0.5, 0.6) is 0 Å². The van der Waals surface area contributed by atoms with Crippen LogP contribution in [0.4, 0.5) is 0 Å². The average molecular weight is 115 g/mol. The summed E-state index contributed by atoms with van der Waals surface area (Å²) in [4.78, 5) is 10.2. The molecule has 0 radical (unpaired) electrons. The second-order valence-electron chi connectivity index (χ2n) is 1.64. The number of nitrogens with one attached hydrogen (secondary N) is 1. The first-order valence-corrected chi connectivity index (χ1v) is 2.31. The monoisotopic (exact) mass is 115 g/mol. The maximum Gasteiger partial charge on any atom is 0.222 e. The first-order chi connectivity index (χ1) is 3.68. The zero-order valence-electron chi connectivity index (χ0n) is 4.72. The molecule has 0 aliphatic carbocycles. The van der Waals surface area contributed by atoms with E-state index in [-0.39, 0.29) is 12.5 Å². The number of nitrogens with two attached hydrogens (primary N) is 1. The maximum absolute atomic E-state index is 10.2. The number of nitrogens with zero attached hydrogens (tertiary/aromatic N) is 1.